The Balaban J connectivity index is 2.04. The van der Waals surface area contributed by atoms with Crippen molar-refractivity contribution in [3.8, 4) is 0 Å². The van der Waals surface area contributed by atoms with E-state index in [9.17, 15) is 15.0 Å². The smallest absolute Gasteiger partial charge is 0.257 e. The predicted octanol–water partition coefficient (Wildman–Crippen LogP) is 0.717. The zero-order valence-electron chi connectivity index (χ0n) is 10.6. The normalized spacial score (nSPS) is 33.8. The van der Waals surface area contributed by atoms with Crippen LogP contribution in [0.2, 0.25) is 0 Å². The number of aliphatic hydroxyl groups is 2. The quantitative estimate of drug-likeness (QED) is 0.793. The molecule has 102 valence electrons. The molecule has 1 amide bonds. The van der Waals surface area contributed by atoms with E-state index in [0.717, 1.165) is 0 Å². The number of nitrogens with zero attached hydrogens (tertiary/aromatic N) is 2. The van der Waals surface area contributed by atoms with Gasteiger partial charge in [-0.15, -0.1) is 0 Å². The average molecular weight is 280 g/mol. The molecule has 2 aliphatic rings. The van der Waals surface area contributed by atoms with Crippen LogP contribution >= 0.6 is 11.8 Å². The molecular formula is C13H16N2O3S. The number of aliphatic hydroxyl groups excluding tert-OH is 2. The molecule has 1 saturated heterocycles. The fraction of sp³-hybridized carbons (Fsp3) is 0.538. The molecule has 0 bridgehead atoms. The van der Waals surface area contributed by atoms with Crippen LogP contribution in [0.3, 0.4) is 0 Å². The number of thioether (sulfide) groups is 1. The van der Waals surface area contributed by atoms with Gasteiger partial charge in [-0.3, -0.25) is 4.79 Å². The number of pyridine rings is 1. The highest BCUT2D eigenvalue weighted by molar-refractivity contribution is 8.00. The van der Waals surface area contributed by atoms with E-state index in [-0.39, 0.29) is 29.8 Å². The summed E-state index contributed by atoms with van der Waals surface area (Å²) in [5, 5.41) is 20.1. The second-order valence-electron chi connectivity index (χ2n) is 5.12. The molecule has 0 aromatic carbocycles. The first-order chi connectivity index (χ1) is 9.13. The van der Waals surface area contributed by atoms with Crippen LogP contribution in [0.15, 0.2) is 23.4 Å². The van der Waals surface area contributed by atoms with Crippen LogP contribution in [0.5, 0.6) is 0 Å². The molecule has 0 radical (unpaired) electrons. The Morgan fingerprint density at radius 1 is 1.58 bits per heavy atom. The topological polar surface area (TPSA) is 73.7 Å². The predicted molar refractivity (Wildman–Crippen MR) is 70.7 cm³/mol. The van der Waals surface area contributed by atoms with Crippen LogP contribution in [0.1, 0.15) is 23.7 Å². The molecule has 2 unspecified atom stereocenters. The number of fused-ring (bicyclic) bond motifs is 2. The summed E-state index contributed by atoms with van der Waals surface area (Å²) < 4.78 is 0. The number of hydrogen-bond donors (Lipinski definition) is 2. The van der Waals surface area contributed by atoms with E-state index in [2.05, 4.69) is 4.98 Å². The van der Waals surface area contributed by atoms with E-state index < -0.39 is 6.10 Å². The van der Waals surface area contributed by atoms with Gasteiger partial charge >= 0.3 is 0 Å². The van der Waals surface area contributed by atoms with Crippen molar-refractivity contribution in [2.45, 2.75) is 35.9 Å². The second kappa shape index (κ2) is 4.77. The number of rotatable bonds is 1. The first-order valence-electron chi connectivity index (χ1n) is 6.36. The molecule has 0 saturated carbocycles. The van der Waals surface area contributed by atoms with Gasteiger partial charge in [-0.1, -0.05) is 18.7 Å². The molecule has 1 fully saturated rings. The Hall–Kier alpha value is -1.11. The van der Waals surface area contributed by atoms with Gasteiger partial charge in [0.25, 0.3) is 5.91 Å². The summed E-state index contributed by atoms with van der Waals surface area (Å²) in [5.74, 6) is -0.0826. The Morgan fingerprint density at radius 3 is 3.11 bits per heavy atom. The molecule has 3 rings (SSSR count). The summed E-state index contributed by atoms with van der Waals surface area (Å²) in [4.78, 5) is 18.4. The molecule has 6 heteroatoms. The maximum Gasteiger partial charge on any atom is 0.257 e. The van der Waals surface area contributed by atoms with E-state index in [0.29, 0.717) is 17.0 Å². The molecule has 2 aliphatic heterocycles. The number of hydrogen-bond acceptors (Lipinski definition) is 5. The Kier molecular flexibility index (Phi) is 3.24. The number of amides is 1. The minimum absolute atomic E-state index is 0.0592. The van der Waals surface area contributed by atoms with Crippen molar-refractivity contribution < 1.29 is 15.0 Å². The number of carbonyl (C=O) groups excluding carboxylic acids is 1. The summed E-state index contributed by atoms with van der Waals surface area (Å²) >= 11 is 1.41. The Bertz CT molecular complexity index is 510. The first kappa shape index (κ1) is 12.9. The van der Waals surface area contributed by atoms with Gasteiger partial charge in [-0.2, -0.15) is 0 Å². The third kappa shape index (κ3) is 1.94. The largest absolute Gasteiger partial charge is 0.394 e. The fourth-order valence-electron chi connectivity index (χ4n) is 2.81. The summed E-state index contributed by atoms with van der Waals surface area (Å²) in [5.41, 5.74) is 0.559. The third-order valence-corrected chi connectivity index (χ3v) is 5.16. The van der Waals surface area contributed by atoms with Crippen LogP contribution in [0, 0.1) is 5.92 Å². The Labute approximate surface area is 115 Å². The number of piperidine rings is 1. The highest BCUT2D eigenvalue weighted by Gasteiger charge is 2.47. The number of carbonyl (C=O) groups is 1. The summed E-state index contributed by atoms with van der Waals surface area (Å²) in [6.45, 7) is 1.87. The van der Waals surface area contributed by atoms with Crippen molar-refractivity contribution in [3.05, 3.63) is 23.9 Å². The minimum Gasteiger partial charge on any atom is -0.394 e. The van der Waals surface area contributed by atoms with Crippen molar-refractivity contribution in [2.24, 2.45) is 5.92 Å². The van der Waals surface area contributed by atoms with Gasteiger partial charge in [0.2, 0.25) is 0 Å². The van der Waals surface area contributed by atoms with E-state index in [4.69, 9.17) is 0 Å². The molecule has 3 heterocycles. The molecule has 0 aliphatic carbocycles. The van der Waals surface area contributed by atoms with Crippen LogP contribution in [0.25, 0.3) is 0 Å². The van der Waals surface area contributed by atoms with Gasteiger partial charge in [0.1, 0.15) is 10.4 Å². The van der Waals surface area contributed by atoms with Crippen LogP contribution < -0.4 is 0 Å². The van der Waals surface area contributed by atoms with Crippen molar-refractivity contribution in [2.75, 3.05) is 6.61 Å². The summed E-state index contributed by atoms with van der Waals surface area (Å²) in [6.07, 6.45) is 1.68. The standard InChI is InChI=1S/C13H16N2O3S/c1-7-5-8(6-16)15-12(18)9-3-2-4-14-11(9)19-13(15)10(7)17/h2-4,7-8,10,13,16-17H,5-6H2,1H3/t7?,8?,10-,13-/m0/s1. The molecule has 0 spiro atoms. The van der Waals surface area contributed by atoms with Crippen molar-refractivity contribution in [1.82, 2.24) is 9.88 Å². The lowest BCUT2D eigenvalue weighted by Crippen LogP contribution is -2.59. The highest BCUT2D eigenvalue weighted by atomic mass is 32.2. The molecule has 1 aromatic heterocycles. The van der Waals surface area contributed by atoms with E-state index >= 15 is 0 Å². The SMILES string of the molecule is CC1CC(CO)N2C(=O)c3cccnc3S[C@H]2[C@H]1O. The van der Waals surface area contributed by atoms with Gasteiger partial charge in [-0.25, -0.2) is 4.98 Å². The maximum atomic E-state index is 12.5. The highest BCUT2D eigenvalue weighted by Crippen LogP contribution is 2.42. The molecule has 2 N–H and O–H groups in total. The minimum atomic E-state index is -0.591. The fourth-order valence-corrected chi connectivity index (χ4v) is 4.23. The van der Waals surface area contributed by atoms with Crippen molar-refractivity contribution in [3.63, 3.8) is 0 Å². The molecule has 4 atom stereocenters. The van der Waals surface area contributed by atoms with E-state index in [1.165, 1.54) is 11.8 Å². The van der Waals surface area contributed by atoms with Crippen molar-refractivity contribution in [1.29, 1.82) is 0 Å². The number of aromatic nitrogens is 1. The maximum absolute atomic E-state index is 12.5. The monoisotopic (exact) mass is 280 g/mol. The van der Waals surface area contributed by atoms with Gasteiger partial charge in [0.05, 0.1) is 24.3 Å². The zero-order valence-corrected chi connectivity index (χ0v) is 11.4. The summed E-state index contributed by atoms with van der Waals surface area (Å²) in [7, 11) is 0. The second-order valence-corrected chi connectivity index (χ2v) is 6.22. The lowest BCUT2D eigenvalue weighted by atomic mass is 9.89. The molecule has 19 heavy (non-hydrogen) atoms. The molecular weight excluding hydrogens is 264 g/mol. The van der Waals surface area contributed by atoms with Crippen LogP contribution in [-0.4, -0.2) is 50.1 Å². The lowest BCUT2D eigenvalue weighted by Gasteiger charge is -2.48. The average Bonchev–Trinajstić information content (AvgIpc) is 2.43. The van der Waals surface area contributed by atoms with Crippen molar-refractivity contribution >= 4 is 17.7 Å². The third-order valence-electron chi connectivity index (χ3n) is 3.87. The molecule has 5 nitrogen and oxygen atoms in total. The summed E-state index contributed by atoms with van der Waals surface area (Å²) in [6, 6.07) is 3.25. The van der Waals surface area contributed by atoms with Gasteiger partial charge in [-0.05, 0) is 24.5 Å². The van der Waals surface area contributed by atoms with Crippen LogP contribution in [-0.2, 0) is 0 Å². The van der Waals surface area contributed by atoms with Gasteiger partial charge in [0.15, 0.2) is 0 Å². The van der Waals surface area contributed by atoms with Gasteiger partial charge < -0.3 is 15.1 Å². The Morgan fingerprint density at radius 2 is 2.37 bits per heavy atom. The first-order valence-corrected chi connectivity index (χ1v) is 7.24. The van der Waals surface area contributed by atoms with E-state index in [1.807, 2.05) is 6.92 Å². The van der Waals surface area contributed by atoms with Crippen LogP contribution in [0.4, 0.5) is 0 Å². The van der Waals surface area contributed by atoms with E-state index in [1.54, 1.807) is 23.2 Å². The van der Waals surface area contributed by atoms with Gasteiger partial charge in [0, 0.05) is 6.20 Å². The lowest BCUT2D eigenvalue weighted by molar-refractivity contribution is -0.0248. The zero-order chi connectivity index (χ0) is 13.6. The molecule has 1 aromatic rings.